The van der Waals surface area contributed by atoms with Gasteiger partial charge in [0.25, 0.3) is 5.69 Å². The van der Waals surface area contributed by atoms with Gasteiger partial charge in [-0.2, -0.15) is 0 Å². The largest absolute Gasteiger partial charge is 0.496 e. The molecule has 192 valence electrons. The maximum Gasteiger partial charge on any atom is 0.319 e. The summed E-state index contributed by atoms with van der Waals surface area (Å²) in [6.45, 7) is 6.28. The number of carbonyl (C=O) groups is 1. The number of ether oxygens (including phenoxy) is 1. The van der Waals surface area contributed by atoms with Crippen molar-refractivity contribution in [1.29, 1.82) is 0 Å². The normalized spacial score (nSPS) is 11.4. The van der Waals surface area contributed by atoms with Crippen molar-refractivity contribution in [3.63, 3.8) is 0 Å². The lowest BCUT2D eigenvalue weighted by Crippen LogP contribution is -2.43. The van der Waals surface area contributed by atoms with Gasteiger partial charge in [0.05, 0.1) is 29.6 Å². The molecule has 0 aliphatic heterocycles. The summed E-state index contributed by atoms with van der Waals surface area (Å²) < 4.78 is 7.49. The highest BCUT2D eigenvalue weighted by Crippen LogP contribution is 2.33. The molecule has 4 rings (SSSR count). The number of imidazole rings is 1. The number of hydrogen-bond acceptors (Lipinski definition) is 7. The number of aromatic nitrogens is 3. The third-order valence-electron chi connectivity index (χ3n) is 5.35. The lowest BCUT2D eigenvalue weighted by molar-refractivity contribution is -0.384. The molecule has 0 aliphatic rings. The molecule has 0 spiro atoms. The van der Waals surface area contributed by atoms with E-state index in [2.05, 4.69) is 20.2 Å². The Kier molecular flexibility index (Phi) is 7.63. The van der Waals surface area contributed by atoms with Crippen LogP contribution in [0.3, 0.4) is 0 Å². The van der Waals surface area contributed by atoms with Crippen LogP contribution < -0.4 is 15.4 Å². The monoisotopic (exact) mass is 520 g/mol. The number of non-ortho nitro benzene ring substituents is 1. The van der Waals surface area contributed by atoms with Gasteiger partial charge in [0.15, 0.2) is 5.16 Å². The smallest absolute Gasteiger partial charge is 0.319 e. The Labute approximate surface area is 218 Å². The Balaban J connectivity index is 1.67. The second kappa shape index (κ2) is 10.9. The zero-order valence-corrected chi connectivity index (χ0v) is 21.8. The molecule has 4 aromatic rings. The van der Waals surface area contributed by atoms with E-state index >= 15 is 0 Å². The van der Waals surface area contributed by atoms with Crippen molar-refractivity contribution < 1.29 is 14.5 Å². The average Bonchev–Trinajstić information content (AvgIpc) is 3.18. The van der Waals surface area contributed by atoms with Gasteiger partial charge in [0, 0.05) is 47.1 Å². The Morgan fingerprint density at radius 1 is 1.19 bits per heavy atom. The van der Waals surface area contributed by atoms with E-state index in [9.17, 15) is 14.9 Å². The van der Waals surface area contributed by atoms with E-state index in [1.54, 1.807) is 18.5 Å². The van der Waals surface area contributed by atoms with E-state index in [-0.39, 0.29) is 17.3 Å². The second-order valence-corrected chi connectivity index (χ2v) is 10.4. The highest BCUT2D eigenvalue weighted by Gasteiger charge is 2.18. The number of nitro benzene ring substituents is 1. The number of hydrogen-bond donors (Lipinski definition) is 2. The highest BCUT2D eigenvalue weighted by atomic mass is 32.2. The van der Waals surface area contributed by atoms with Crippen LogP contribution in [0.5, 0.6) is 5.75 Å². The number of amides is 2. The van der Waals surface area contributed by atoms with Gasteiger partial charge in [-0.15, -0.1) is 0 Å². The molecule has 2 amide bonds. The quantitative estimate of drug-likeness (QED) is 0.176. The molecule has 10 nitrogen and oxygen atoms in total. The van der Waals surface area contributed by atoms with Crippen molar-refractivity contribution in [2.45, 2.75) is 43.8 Å². The minimum Gasteiger partial charge on any atom is -0.496 e. The van der Waals surface area contributed by atoms with E-state index in [1.165, 1.54) is 31.0 Å². The van der Waals surface area contributed by atoms with E-state index in [0.29, 0.717) is 34.8 Å². The van der Waals surface area contributed by atoms with Crippen LogP contribution in [0, 0.1) is 10.1 Å². The number of benzene rings is 2. The molecule has 37 heavy (non-hydrogen) atoms. The van der Waals surface area contributed by atoms with Gasteiger partial charge in [-0.25, -0.2) is 9.78 Å². The van der Waals surface area contributed by atoms with Crippen molar-refractivity contribution in [3.8, 4) is 5.75 Å². The van der Waals surface area contributed by atoms with Gasteiger partial charge in [-0.1, -0.05) is 17.8 Å². The van der Waals surface area contributed by atoms with Gasteiger partial charge in [0.2, 0.25) is 0 Å². The van der Waals surface area contributed by atoms with Crippen molar-refractivity contribution in [2.75, 3.05) is 12.4 Å². The molecule has 0 saturated carbocycles. The molecule has 2 aromatic carbocycles. The van der Waals surface area contributed by atoms with Gasteiger partial charge in [-0.05, 0) is 56.7 Å². The van der Waals surface area contributed by atoms with Crippen LogP contribution in [0.4, 0.5) is 16.2 Å². The van der Waals surface area contributed by atoms with Crippen LogP contribution in [-0.4, -0.2) is 38.1 Å². The third kappa shape index (κ3) is 6.56. The van der Waals surface area contributed by atoms with Crippen LogP contribution >= 0.6 is 11.8 Å². The highest BCUT2D eigenvalue weighted by molar-refractivity contribution is 7.98. The average molecular weight is 521 g/mol. The van der Waals surface area contributed by atoms with Crippen molar-refractivity contribution in [1.82, 2.24) is 19.9 Å². The van der Waals surface area contributed by atoms with E-state index in [0.717, 1.165) is 16.2 Å². The number of nitrogens with zero attached hydrogens (tertiary/aromatic N) is 4. The number of pyridine rings is 1. The Morgan fingerprint density at radius 2 is 2.00 bits per heavy atom. The predicted octanol–water partition coefficient (Wildman–Crippen LogP) is 5.61. The van der Waals surface area contributed by atoms with Gasteiger partial charge in [0.1, 0.15) is 5.75 Å². The van der Waals surface area contributed by atoms with Gasteiger partial charge >= 0.3 is 6.03 Å². The number of nitro groups is 1. The van der Waals surface area contributed by atoms with Crippen molar-refractivity contribution in [2.24, 2.45) is 0 Å². The number of nitrogens with one attached hydrogen (secondary N) is 2. The van der Waals surface area contributed by atoms with Gasteiger partial charge < -0.3 is 19.9 Å². The first-order valence-corrected chi connectivity index (χ1v) is 12.5. The molecule has 0 saturated heterocycles. The molecule has 0 fully saturated rings. The van der Waals surface area contributed by atoms with E-state index < -0.39 is 4.92 Å². The summed E-state index contributed by atoms with van der Waals surface area (Å²) in [6.07, 6.45) is 3.52. The SMILES string of the molecule is COc1ccc([N+](=O)[O-])cc1CSc1nc2cc(NC(=O)NC(C)(C)C)ccc2n1Cc1cccnc1. The summed E-state index contributed by atoms with van der Waals surface area (Å²) in [6, 6.07) is 13.7. The number of fused-ring (bicyclic) bond motifs is 1. The third-order valence-corrected chi connectivity index (χ3v) is 6.38. The summed E-state index contributed by atoms with van der Waals surface area (Å²) in [7, 11) is 1.54. The molecule has 2 heterocycles. The fraction of sp³-hybridized carbons (Fsp3) is 0.269. The number of urea groups is 1. The first kappa shape index (κ1) is 26.0. The molecule has 2 aromatic heterocycles. The number of anilines is 1. The summed E-state index contributed by atoms with van der Waals surface area (Å²) in [5.74, 6) is 0.990. The zero-order valence-electron chi connectivity index (χ0n) is 21.0. The maximum absolute atomic E-state index is 12.4. The second-order valence-electron chi connectivity index (χ2n) is 9.42. The van der Waals surface area contributed by atoms with Crippen LogP contribution in [0.25, 0.3) is 11.0 Å². The number of thioether (sulfide) groups is 1. The molecule has 0 radical (unpaired) electrons. The van der Waals surface area contributed by atoms with Gasteiger partial charge in [-0.3, -0.25) is 15.1 Å². The van der Waals surface area contributed by atoms with E-state index in [4.69, 9.17) is 9.72 Å². The minimum atomic E-state index is -0.421. The summed E-state index contributed by atoms with van der Waals surface area (Å²) >= 11 is 1.45. The van der Waals surface area contributed by atoms with Crippen LogP contribution in [0.2, 0.25) is 0 Å². The molecule has 0 unspecified atom stereocenters. The molecular formula is C26H28N6O4S. The first-order valence-electron chi connectivity index (χ1n) is 11.6. The number of rotatable bonds is 8. The Bertz CT molecular complexity index is 1430. The predicted molar refractivity (Wildman–Crippen MR) is 144 cm³/mol. The molecular weight excluding hydrogens is 492 g/mol. The summed E-state index contributed by atoms with van der Waals surface area (Å²) in [5.41, 5.74) is 3.56. The van der Waals surface area contributed by atoms with Crippen molar-refractivity contribution >= 4 is 40.2 Å². The maximum atomic E-state index is 12.4. The fourth-order valence-corrected chi connectivity index (χ4v) is 4.75. The topological polar surface area (TPSA) is 124 Å². The zero-order chi connectivity index (χ0) is 26.6. The van der Waals surface area contributed by atoms with Crippen LogP contribution in [0.15, 0.2) is 66.1 Å². The van der Waals surface area contributed by atoms with E-state index in [1.807, 2.05) is 51.1 Å². The van der Waals surface area contributed by atoms with Crippen LogP contribution in [-0.2, 0) is 12.3 Å². The summed E-state index contributed by atoms with van der Waals surface area (Å²) in [5, 5.41) is 17.8. The molecule has 0 aliphatic carbocycles. The fourth-order valence-electron chi connectivity index (χ4n) is 3.76. The lowest BCUT2D eigenvalue weighted by Gasteiger charge is -2.20. The standard InChI is InChI=1S/C26H28N6O4S/c1-26(2,3)30-24(33)28-19-7-9-22-21(13-19)29-25(31(22)15-17-6-5-11-27-14-17)37-16-18-12-20(32(34)35)8-10-23(18)36-4/h5-14H,15-16H2,1-4H3,(H2,28,30,33). The first-order chi connectivity index (χ1) is 17.6. The molecule has 2 N–H and O–H groups in total. The van der Waals surface area contributed by atoms with Crippen LogP contribution in [0.1, 0.15) is 31.9 Å². The molecule has 11 heteroatoms. The lowest BCUT2D eigenvalue weighted by atomic mass is 10.1. The molecule has 0 atom stereocenters. The number of methoxy groups -OCH3 is 1. The minimum absolute atomic E-state index is 0.00418. The summed E-state index contributed by atoms with van der Waals surface area (Å²) in [4.78, 5) is 32.3. The van der Waals surface area contributed by atoms with Crippen molar-refractivity contribution in [3.05, 3.63) is 82.2 Å². The Morgan fingerprint density at radius 3 is 2.68 bits per heavy atom. The molecule has 0 bridgehead atoms. The Hall–Kier alpha value is -4.12. The number of carbonyl (C=O) groups excluding carboxylic acids is 1.